The van der Waals surface area contributed by atoms with Crippen LogP contribution in [-0.4, -0.2) is 36.0 Å². The fourth-order valence-corrected chi connectivity index (χ4v) is 2.78. The zero-order valence-corrected chi connectivity index (χ0v) is 14.0. The minimum absolute atomic E-state index is 0.00916. The molecular weight excluding hydrogens is 274 g/mol. The smallest absolute Gasteiger partial charge is 0.251 e. The Kier molecular flexibility index (Phi) is 5.98. The summed E-state index contributed by atoms with van der Waals surface area (Å²) < 4.78 is 0. The number of nitrogens with one attached hydrogen (secondary N) is 1. The second kappa shape index (κ2) is 7.75. The molecule has 122 valence electrons. The molecule has 2 rings (SSSR count). The van der Waals surface area contributed by atoms with Crippen molar-refractivity contribution < 1.29 is 4.79 Å². The van der Waals surface area contributed by atoms with Crippen molar-refractivity contribution in [3.63, 3.8) is 0 Å². The third-order valence-electron chi connectivity index (χ3n) is 4.50. The molecule has 0 aliphatic heterocycles. The largest absolute Gasteiger partial charge is 0.348 e. The van der Waals surface area contributed by atoms with Crippen molar-refractivity contribution in [1.82, 2.24) is 10.2 Å². The zero-order chi connectivity index (χ0) is 16.1. The van der Waals surface area contributed by atoms with Crippen LogP contribution in [0, 0.1) is 5.92 Å². The van der Waals surface area contributed by atoms with Crippen LogP contribution < -0.4 is 11.1 Å². The Morgan fingerprint density at radius 3 is 2.41 bits per heavy atom. The van der Waals surface area contributed by atoms with Gasteiger partial charge >= 0.3 is 0 Å². The molecule has 4 heteroatoms. The van der Waals surface area contributed by atoms with Crippen LogP contribution in [0.2, 0.25) is 0 Å². The number of hydrogen-bond donors (Lipinski definition) is 2. The summed E-state index contributed by atoms with van der Waals surface area (Å²) in [6, 6.07) is 8.59. The molecule has 1 aromatic carbocycles. The summed E-state index contributed by atoms with van der Waals surface area (Å²) in [6.07, 6.45) is 2.37. The van der Waals surface area contributed by atoms with Gasteiger partial charge in [0.15, 0.2) is 0 Å². The number of benzene rings is 1. The first-order chi connectivity index (χ1) is 10.5. The third kappa shape index (κ3) is 4.55. The summed E-state index contributed by atoms with van der Waals surface area (Å²) >= 11 is 0. The molecule has 1 fully saturated rings. The van der Waals surface area contributed by atoms with E-state index in [1.807, 2.05) is 12.1 Å². The first-order valence-electron chi connectivity index (χ1n) is 8.39. The van der Waals surface area contributed by atoms with Gasteiger partial charge in [-0.05, 0) is 56.8 Å². The van der Waals surface area contributed by atoms with E-state index < -0.39 is 0 Å². The summed E-state index contributed by atoms with van der Waals surface area (Å²) in [5, 5.41) is 3.06. The van der Waals surface area contributed by atoms with Crippen LogP contribution in [0.5, 0.6) is 0 Å². The van der Waals surface area contributed by atoms with E-state index in [-0.39, 0.29) is 11.9 Å². The highest BCUT2D eigenvalue weighted by molar-refractivity contribution is 5.94. The molecule has 0 saturated heterocycles. The lowest BCUT2D eigenvalue weighted by Crippen LogP contribution is -2.41. The molecule has 22 heavy (non-hydrogen) atoms. The van der Waals surface area contributed by atoms with Crippen molar-refractivity contribution in [2.24, 2.45) is 11.7 Å². The molecule has 1 unspecified atom stereocenters. The van der Waals surface area contributed by atoms with E-state index in [9.17, 15) is 4.79 Å². The van der Waals surface area contributed by atoms with Crippen molar-refractivity contribution in [2.75, 3.05) is 13.1 Å². The maximum Gasteiger partial charge on any atom is 0.251 e. The number of amides is 1. The molecule has 0 aromatic heterocycles. The summed E-state index contributed by atoms with van der Waals surface area (Å²) in [4.78, 5) is 14.7. The van der Waals surface area contributed by atoms with Crippen molar-refractivity contribution in [1.29, 1.82) is 0 Å². The Labute approximate surface area is 134 Å². The van der Waals surface area contributed by atoms with Gasteiger partial charge in [0.1, 0.15) is 0 Å². The summed E-state index contributed by atoms with van der Waals surface area (Å²) in [5.41, 5.74) is 7.70. The molecule has 1 aromatic rings. The van der Waals surface area contributed by atoms with Crippen LogP contribution in [0.25, 0.3) is 0 Å². The lowest BCUT2D eigenvalue weighted by molar-refractivity contribution is 0.0933. The summed E-state index contributed by atoms with van der Waals surface area (Å²) in [6.45, 7) is 9.05. The number of carbonyl (C=O) groups is 1. The predicted octanol–water partition coefficient (Wildman–Crippen LogP) is 2.38. The Bertz CT molecular complexity index is 480. The number of rotatable bonds is 8. The molecule has 3 N–H and O–H groups in total. The van der Waals surface area contributed by atoms with Gasteiger partial charge in [0.25, 0.3) is 5.91 Å². The van der Waals surface area contributed by atoms with Crippen LogP contribution in [0.4, 0.5) is 0 Å². The Morgan fingerprint density at radius 1 is 1.32 bits per heavy atom. The average Bonchev–Trinajstić information content (AvgIpc) is 3.35. The van der Waals surface area contributed by atoms with Gasteiger partial charge in [-0.3, -0.25) is 9.69 Å². The molecule has 0 bridgehead atoms. The molecule has 1 atom stereocenters. The van der Waals surface area contributed by atoms with Gasteiger partial charge in [-0.1, -0.05) is 19.1 Å². The minimum Gasteiger partial charge on any atom is -0.348 e. The fourth-order valence-electron chi connectivity index (χ4n) is 2.78. The van der Waals surface area contributed by atoms with Gasteiger partial charge in [0, 0.05) is 30.7 Å². The molecule has 0 radical (unpaired) electrons. The molecule has 0 spiro atoms. The Hall–Kier alpha value is -1.39. The van der Waals surface area contributed by atoms with Crippen molar-refractivity contribution in [3.05, 3.63) is 35.4 Å². The van der Waals surface area contributed by atoms with Crippen molar-refractivity contribution in [3.8, 4) is 0 Å². The van der Waals surface area contributed by atoms with Crippen LogP contribution in [0.15, 0.2) is 24.3 Å². The molecule has 4 nitrogen and oxygen atoms in total. The molecule has 0 heterocycles. The van der Waals surface area contributed by atoms with Crippen LogP contribution in [0.3, 0.4) is 0 Å². The second-order valence-electron chi connectivity index (χ2n) is 6.51. The van der Waals surface area contributed by atoms with E-state index in [2.05, 4.69) is 43.1 Å². The molecule has 1 aliphatic rings. The maximum absolute atomic E-state index is 12.3. The molecule has 1 amide bonds. The quantitative estimate of drug-likeness (QED) is 0.775. The average molecular weight is 303 g/mol. The molecular formula is C18H29N3O. The maximum atomic E-state index is 12.3. The molecule has 1 aliphatic carbocycles. The van der Waals surface area contributed by atoms with Gasteiger partial charge in [-0.2, -0.15) is 0 Å². The van der Waals surface area contributed by atoms with E-state index in [4.69, 9.17) is 5.73 Å². The lowest BCUT2D eigenvalue weighted by Gasteiger charge is -2.24. The fraction of sp³-hybridized carbons (Fsp3) is 0.611. The minimum atomic E-state index is -0.00916. The first-order valence-corrected chi connectivity index (χ1v) is 8.39. The van der Waals surface area contributed by atoms with Crippen LogP contribution >= 0.6 is 0 Å². The van der Waals surface area contributed by atoms with E-state index in [1.54, 1.807) is 0 Å². The summed E-state index contributed by atoms with van der Waals surface area (Å²) in [5.74, 6) is 0.572. The predicted molar refractivity (Wildman–Crippen MR) is 90.7 cm³/mol. The van der Waals surface area contributed by atoms with Gasteiger partial charge < -0.3 is 11.1 Å². The van der Waals surface area contributed by atoms with Gasteiger partial charge in [-0.25, -0.2) is 0 Å². The standard InChI is InChI=1S/C18H29N3O/c1-4-21(13(2)3)12-14-5-7-16(8-6-14)18(22)20-17(11-19)15-9-10-15/h5-8,13,15,17H,4,9-12,19H2,1-3H3,(H,20,22). The summed E-state index contributed by atoms with van der Waals surface area (Å²) in [7, 11) is 0. The lowest BCUT2D eigenvalue weighted by atomic mass is 10.1. The van der Waals surface area contributed by atoms with Crippen molar-refractivity contribution in [2.45, 2.75) is 52.2 Å². The van der Waals surface area contributed by atoms with E-state index in [0.717, 1.165) is 18.7 Å². The highest BCUT2D eigenvalue weighted by Gasteiger charge is 2.31. The highest BCUT2D eigenvalue weighted by atomic mass is 16.1. The number of hydrogen-bond acceptors (Lipinski definition) is 3. The topological polar surface area (TPSA) is 58.4 Å². The van der Waals surface area contributed by atoms with E-state index in [1.165, 1.54) is 18.4 Å². The highest BCUT2D eigenvalue weighted by Crippen LogP contribution is 2.32. The van der Waals surface area contributed by atoms with Crippen LogP contribution in [-0.2, 0) is 6.54 Å². The Morgan fingerprint density at radius 2 is 1.95 bits per heavy atom. The number of nitrogens with two attached hydrogens (primary N) is 1. The Balaban J connectivity index is 1.94. The zero-order valence-electron chi connectivity index (χ0n) is 14.0. The number of nitrogens with zero attached hydrogens (tertiary/aromatic N) is 1. The normalized spacial score (nSPS) is 16.1. The monoisotopic (exact) mass is 303 g/mol. The first kappa shape index (κ1) is 17.0. The van der Waals surface area contributed by atoms with Gasteiger partial charge in [0.05, 0.1) is 0 Å². The van der Waals surface area contributed by atoms with Crippen molar-refractivity contribution >= 4 is 5.91 Å². The SMILES string of the molecule is CCN(Cc1ccc(C(=O)NC(CN)C2CC2)cc1)C(C)C. The molecule has 1 saturated carbocycles. The van der Waals surface area contributed by atoms with E-state index in [0.29, 0.717) is 18.5 Å². The van der Waals surface area contributed by atoms with Gasteiger partial charge in [0.2, 0.25) is 0 Å². The van der Waals surface area contributed by atoms with E-state index >= 15 is 0 Å². The van der Waals surface area contributed by atoms with Gasteiger partial charge in [-0.15, -0.1) is 0 Å². The number of carbonyl (C=O) groups excluding carboxylic acids is 1. The third-order valence-corrected chi connectivity index (χ3v) is 4.50. The second-order valence-corrected chi connectivity index (χ2v) is 6.51. The van der Waals surface area contributed by atoms with Crippen LogP contribution in [0.1, 0.15) is 49.5 Å².